The lowest BCUT2D eigenvalue weighted by atomic mass is 9.99. The summed E-state index contributed by atoms with van der Waals surface area (Å²) in [6.45, 7) is 1.42. The van der Waals surface area contributed by atoms with E-state index in [1.54, 1.807) is 0 Å². The highest BCUT2D eigenvalue weighted by molar-refractivity contribution is 6.29. The topological polar surface area (TPSA) is 92.4 Å². The smallest absolute Gasteiger partial charge is 0.416 e. The Labute approximate surface area is 204 Å². The molecule has 0 unspecified atom stereocenters. The quantitative estimate of drug-likeness (QED) is 0.223. The Hall–Kier alpha value is -3.99. The van der Waals surface area contributed by atoms with Crippen LogP contribution in [-0.4, -0.2) is 16.1 Å². The summed E-state index contributed by atoms with van der Waals surface area (Å²) >= 11 is 5.75. The van der Waals surface area contributed by atoms with E-state index in [9.17, 15) is 36.6 Å². The lowest BCUT2D eigenvalue weighted by molar-refractivity contribution is -0.137. The van der Waals surface area contributed by atoms with Crippen molar-refractivity contribution in [2.24, 2.45) is 0 Å². The number of pyridine rings is 1. The van der Waals surface area contributed by atoms with Crippen molar-refractivity contribution in [1.29, 1.82) is 0 Å². The number of nitrogens with zero attached hydrogens (tertiary/aromatic N) is 1. The molecule has 0 fully saturated rings. The average molecular weight is 525 g/mol. The van der Waals surface area contributed by atoms with Gasteiger partial charge < -0.3 is 14.8 Å². The van der Waals surface area contributed by atoms with Gasteiger partial charge in [0, 0.05) is 17.2 Å². The van der Waals surface area contributed by atoms with Crippen molar-refractivity contribution in [1.82, 2.24) is 4.98 Å². The molecule has 4 rings (SSSR count). The molecule has 0 spiro atoms. The summed E-state index contributed by atoms with van der Waals surface area (Å²) in [4.78, 5) is 28.1. The monoisotopic (exact) mass is 524 g/mol. The third-order valence-corrected chi connectivity index (χ3v) is 5.50. The van der Waals surface area contributed by atoms with Gasteiger partial charge in [0.15, 0.2) is 22.8 Å². The van der Waals surface area contributed by atoms with Crippen LogP contribution in [0.15, 0.2) is 57.7 Å². The largest absolute Gasteiger partial charge is 0.476 e. The molecule has 2 heterocycles. The van der Waals surface area contributed by atoms with E-state index in [2.05, 4.69) is 10.3 Å². The van der Waals surface area contributed by atoms with E-state index in [1.807, 2.05) is 0 Å². The maximum atomic E-state index is 13.8. The minimum absolute atomic E-state index is 0.0191. The maximum absolute atomic E-state index is 13.8. The van der Waals surface area contributed by atoms with Crippen molar-refractivity contribution in [2.75, 3.05) is 5.32 Å². The van der Waals surface area contributed by atoms with Gasteiger partial charge in [-0.3, -0.25) is 4.79 Å². The number of hydrogen-bond acceptors (Lipinski definition) is 5. The van der Waals surface area contributed by atoms with Gasteiger partial charge in [-0.25, -0.2) is 18.6 Å². The molecule has 1 atom stereocenters. The average Bonchev–Trinajstić information content (AvgIpc) is 2.80. The van der Waals surface area contributed by atoms with Crippen molar-refractivity contribution in [3.05, 3.63) is 92.4 Å². The van der Waals surface area contributed by atoms with Crippen LogP contribution in [0.3, 0.4) is 0 Å². The van der Waals surface area contributed by atoms with Crippen molar-refractivity contribution >= 4 is 34.2 Å². The highest BCUT2D eigenvalue weighted by Crippen LogP contribution is 2.37. The minimum atomic E-state index is -4.82. The Bertz CT molecular complexity index is 1570. The second kappa shape index (κ2) is 9.23. The number of rotatable bonds is 5. The zero-order chi connectivity index (χ0) is 26.4. The number of anilines is 1. The normalized spacial score (nSPS) is 12.5. The van der Waals surface area contributed by atoms with Crippen molar-refractivity contribution in [3.63, 3.8) is 0 Å². The van der Waals surface area contributed by atoms with E-state index in [1.165, 1.54) is 19.1 Å². The van der Waals surface area contributed by atoms with Crippen LogP contribution in [0.25, 0.3) is 22.3 Å². The van der Waals surface area contributed by atoms with Gasteiger partial charge in [-0.2, -0.15) is 13.2 Å². The first kappa shape index (κ1) is 25.1. The standard InChI is InChI=1S/C24H14ClF5N2O4/c1-10(31-17-4-5-20(25)32-21(17)23(34)35)13-7-12(24(28,29)30)8-14-18(33)9-19(36-22(13)14)11-2-3-15(26)16(27)6-11/h2-10,31H,1H3,(H,34,35)/t10-/m1/s1. The molecule has 0 amide bonds. The molecule has 12 heteroatoms. The SMILES string of the molecule is C[C@@H](Nc1ccc(Cl)nc1C(=O)O)c1cc(C(F)(F)F)cc2c(=O)cc(-c3ccc(F)c(F)c3)oc12. The van der Waals surface area contributed by atoms with Gasteiger partial charge in [-0.05, 0) is 49.4 Å². The van der Waals surface area contributed by atoms with E-state index in [0.29, 0.717) is 6.07 Å². The van der Waals surface area contributed by atoms with Crippen LogP contribution in [0.2, 0.25) is 5.15 Å². The van der Waals surface area contributed by atoms with E-state index in [4.69, 9.17) is 16.0 Å². The molecule has 6 nitrogen and oxygen atoms in total. The molecular weight excluding hydrogens is 511 g/mol. The highest BCUT2D eigenvalue weighted by Gasteiger charge is 2.33. The van der Waals surface area contributed by atoms with Crippen LogP contribution < -0.4 is 10.7 Å². The molecule has 0 aliphatic rings. The number of aromatic carboxylic acids is 1. The van der Waals surface area contributed by atoms with E-state index < -0.39 is 51.9 Å². The predicted molar refractivity (Wildman–Crippen MR) is 121 cm³/mol. The molecule has 2 N–H and O–H groups in total. The van der Waals surface area contributed by atoms with Crippen molar-refractivity contribution in [2.45, 2.75) is 19.1 Å². The summed E-state index contributed by atoms with van der Waals surface area (Å²) in [5.74, 6) is -4.00. The molecule has 0 saturated heterocycles. The van der Waals surface area contributed by atoms with E-state index in [-0.39, 0.29) is 33.3 Å². The van der Waals surface area contributed by atoms with Gasteiger partial charge in [0.25, 0.3) is 0 Å². The molecule has 0 radical (unpaired) electrons. The summed E-state index contributed by atoms with van der Waals surface area (Å²) < 4.78 is 73.7. The Balaban J connectivity index is 1.92. The van der Waals surface area contributed by atoms with Gasteiger partial charge in [-0.1, -0.05) is 11.6 Å². The molecule has 0 bridgehead atoms. The first-order chi connectivity index (χ1) is 16.8. The van der Waals surface area contributed by atoms with Gasteiger partial charge in [0.1, 0.15) is 16.5 Å². The van der Waals surface area contributed by atoms with Gasteiger partial charge >= 0.3 is 12.1 Å². The van der Waals surface area contributed by atoms with Crippen LogP contribution in [0.4, 0.5) is 27.6 Å². The number of carboxylic acids is 1. The molecular formula is C24H14ClF5N2O4. The number of benzene rings is 2. The van der Waals surface area contributed by atoms with E-state index >= 15 is 0 Å². The van der Waals surface area contributed by atoms with Crippen LogP contribution in [0.5, 0.6) is 0 Å². The number of fused-ring (bicyclic) bond motifs is 1. The van der Waals surface area contributed by atoms with E-state index in [0.717, 1.165) is 30.3 Å². The predicted octanol–water partition coefficient (Wildman–Crippen LogP) is 6.68. The Morgan fingerprint density at radius 2 is 1.81 bits per heavy atom. The lowest BCUT2D eigenvalue weighted by Gasteiger charge is -2.20. The van der Waals surface area contributed by atoms with Gasteiger partial charge in [0.05, 0.1) is 22.7 Å². The van der Waals surface area contributed by atoms with Gasteiger partial charge in [-0.15, -0.1) is 0 Å². The number of halogens is 6. The zero-order valence-corrected chi connectivity index (χ0v) is 18.8. The third-order valence-electron chi connectivity index (χ3n) is 5.29. The summed E-state index contributed by atoms with van der Waals surface area (Å²) in [5.41, 5.74) is -2.94. The number of alkyl halides is 3. The Morgan fingerprint density at radius 1 is 1.08 bits per heavy atom. The van der Waals surface area contributed by atoms with Crippen LogP contribution in [-0.2, 0) is 6.18 Å². The molecule has 2 aromatic carbocycles. The molecule has 0 aliphatic heterocycles. The molecule has 36 heavy (non-hydrogen) atoms. The second-order valence-electron chi connectivity index (χ2n) is 7.75. The molecule has 0 saturated carbocycles. The number of hydrogen-bond donors (Lipinski definition) is 2. The summed E-state index contributed by atoms with van der Waals surface area (Å²) in [6, 6.07) is 6.52. The van der Waals surface area contributed by atoms with Crippen LogP contribution in [0.1, 0.15) is 34.6 Å². The number of carbonyl (C=O) groups is 1. The Kier molecular flexibility index (Phi) is 6.44. The van der Waals surface area contributed by atoms with Crippen molar-refractivity contribution < 1.29 is 36.3 Å². The lowest BCUT2D eigenvalue weighted by Crippen LogP contribution is -2.15. The summed E-state index contributed by atoms with van der Waals surface area (Å²) in [5, 5.41) is 11.6. The zero-order valence-electron chi connectivity index (χ0n) is 18.1. The maximum Gasteiger partial charge on any atom is 0.416 e. The molecule has 4 aromatic rings. The molecule has 0 aliphatic carbocycles. The fourth-order valence-corrected chi connectivity index (χ4v) is 3.73. The fourth-order valence-electron chi connectivity index (χ4n) is 3.59. The third kappa shape index (κ3) is 4.87. The highest BCUT2D eigenvalue weighted by atomic mass is 35.5. The summed E-state index contributed by atoms with van der Waals surface area (Å²) in [6.07, 6.45) is -4.82. The Morgan fingerprint density at radius 3 is 2.44 bits per heavy atom. The van der Waals surface area contributed by atoms with Crippen LogP contribution >= 0.6 is 11.6 Å². The second-order valence-corrected chi connectivity index (χ2v) is 8.13. The number of nitrogens with one attached hydrogen (secondary N) is 1. The molecule has 186 valence electrons. The number of aromatic nitrogens is 1. The first-order valence-corrected chi connectivity index (χ1v) is 10.5. The first-order valence-electron chi connectivity index (χ1n) is 10.2. The van der Waals surface area contributed by atoms with Gasteiger partial charge in [0.2, 0.25) is 0 Å². The number of carboxylic acid groups (broad SMARTS) is 1. The summed E-state index contributed by atoms with van der Waals surface area (Å²) in [7, 11) is 0. The fraction of sp³-hybridized carbons (Fsp3) is 0.125. The van der Waals surface area contributed by atoms with Crippen LogP contribution in [0, 0.1) is 11.6 Å². The van der Waals surface area contributed by atoms with Crippen molar-refractivity contribution in [3.8, 4) is 11.3 Å². The molecule has 2 aromatic heterocycles. The minimum Gasteiger partial charge on any atom is -0.476 e.